The van der Waals surface area contributed by atoms with Gasteiger partial charge in [-0.25, -0.2) is 18.1 Å². The van der Waals surface area contributed by atoms with Gasteiger partial charge in [0.15, 0.2) is 21.3 Å². The van der Waals surface area contributed by atoms with Crippen molar-refractivity contribution >= 4 is 26.7 Å². The summed E-state index contributed by atoms with van der Waals surface area (Å²) < 4.78 is 26.2. The Morgan fingerprint density at radius 2 is 2.00 bits per heavy atom. The number of Topliss-reactive ketones (excluding diaryl/α,β-unsaturated/α-hetero) is 1. The SMILES string of the molecule is Cc1ccc(CC(=O)Cn2cnc3c(cnn3C3CCS(=O)(=O)C3)c2=O)cc1. The summed E-state index contributed by atoms with van der Waals surface area (Å²) in [7, 11) is -3.07. The smallest absolute Gasteiger partial charge is 0.264 e. The normalized spacial score (nSPS) is 18.5. The summed E-state index contributed by atoms with van der Waals surface area (Å²) in [6, 6.07) is 7.38. The average molecular weight is 400 g/mol. The first-order valence-corrected chi connectivity index (χ1v) is 10.8. The number of carbonyl (C=O) groups is 1. The first-order valence-electron chi connectivity index (χ1n) is 9.03. The summed E-state index contributed by atoms with van der Waals surface area (Å²) in [6.45, 7) is 1.91. The maximum Gasteiger partial charge on any atom is 0.264 e. The molecule has 3 aromatic rings. The zero-order valence-corrected chi connectivity index (χ0v) is 16.2. The maximum absolute atomic E-state index is 12.7. The van der Waals surface area contributed by atoms with Gasteiger partial charge in [-0.05, 0) is 18.9 Å². The van der Waals surface area contributed by atoms with Crippen LogP contribution in [0.5, 0.6) is 0 Å². The largest absolute Gasteiger partial charge is 0.297 e. The third-order valence-electron chi connectivity index (χ3n) is 5.00. The minimum Gasteiger partial charge on any atom is -0.297 e. The van der Waals surface area contributed by atoms with Crippen LogP contribution in [0.3, 0.4) is 0 Å². The van der Waals surface area contributed by atoms with Gasteiger partial charge in [0.05, 0.1) is 30.3 Å². The quantitative estimate of drug-likeness (QED) is 0.635. The second kappa shape index (κ2) is 6.97. The zero-order valence-electron chi connectivity index (χ0n) is 15.4. The Bertz CT molecular complexity index is 1210. The Kier molecular flexibility index (Phi) is 4.62. The molecule has 0 N–H and O–H groups in total. The number of hydrogen-bond donors (Lipinski definition) is 0. The Labute approximate surface area is 161 Å². The third-order valence-corrected chi connectivity index (χ3v) is 6.75. The molecule has 0 amide bonds. The van der Waals surface area contributed by atoms with E-state index in [0.29, 0.717) is 12.1 Å². The van der Waals surface area contributed by atoms with Crippen molar-refractivity contribution in [3.63, 3.8) is 0 Å². The molecule has 9 heteroatoms. The number of aryl methyl sites for hydroxylation is 1. The summed E-state index contributed by atoms with van der Waals surface area (Å²) in [5.41, 5.74) is 2.02. The van der Waals surface area contributed by atoms with Crippen LogP contribution in [-0.2, 0) is 27.6 Å². The highest BCUT2D eigenvalue weighted by molar-refractivity contribution is 7.91. The van der Waals surface area contributed by atoms with Gasteiger partial charge in [0.1, 0.15) is 11.7 Å². The van der Waals surface area contributed by atoms with Crippen LogP contribution < -0.4 is 5.56 Å². The summed E-state index contributed by atoms with van der Waals surface area (Å²) in [5.74, 6) is 0.0223. The number of nitrogens with zero attached hydrogens (tertiary/aromatic N) is 4. The molecular formula is C19H20N4O4S. The molecule has 1 fully saturated rings. The number of sulfone groups is 1. The van der Waals surface area contributed by atoms with Crippen molar-refractivity contribution in [3.05, 3.63) is 58.3 Å². The molecule has 28 heavy (non-hydrogen) atoms. The van der Waals surface area contributed by atoms with Crippen LogP contribution in [0.15, 0.2) is 41.6 Å². The number of benzene rings is 1. The van der Waals surface area contributed by atoms with E-state index in [-0.39, 0.29) is 47.2 Å². The number of ketones is 1. The fraction of sp³-hybridized carbons (Fsp3) is 0.368. The predicted molar refractivity (Wildman–Crippen MR) is 104 cm³/mol. The van der Waals surface area contributed by atoms with E-state index in [4.69, 9.17) is 0 Å². The predicted octanol–water partition coefficient (Wildman–Crippen LogP) is 1.07. The van der Waals surface area contributed by atoms with Crippen LogP contribution >= 0.6 is 0 Å². The molecule has 1 aliphatic heterocycles. The molecule has 0 radical (unpaired) electrons. The van der Waals surface area contributed by atoms with Gasteiger partial charge >= 0.3 is 0 Å². The van der Waals surface area contributed by atoms with Gasteiger partial charge in [-0.15, -0.1) is 0 Å². The maximum atomic E-state index is 12.7. The van der Waals surface area contributed by atoms with Crippen LogP contribution in [0.1, 0.15) is 23.6 Å². The lowest BCUT2D eigenvalue weighted by atomic mass is 10.1. The molecule has 146 valence electrons. The van der Waals surface area contributed by atoms with E-state index in [9.17, 15) is 18.0 Å². The summed E-state index contributed by atoms with van der Waals surface area (Å²) in [6.07, 6.45) is 3.43. The van der Waals surface area contributed by atoms with Crippen LogP contribution in [-0.4, -0.2) is 45.0 Å². The van der Waals surface area contributed by atoms with Gasteiger partial charge in [-0.2, -0.15) is 5.10 Å². The Morgan fingerprint density at radius 3 is 2.68 bits per heavy atom. The fourth-order valence-electron chi connectivity index (χ4n) is 3.49. The number of rotatable bonds is 5. The molecule has 1 saturated heterocycles. The lowest BCUT2D eigenvalue weighted by Crippen LogP contribution is -2.25. The van der Waals surface area contributed by atoms with Crippen LogP contribution in [0, 0.1) is 6.92 Å². The lowest BCUT2D eigenvalue weighted by molar-refractivity contribution is -0.119. The van der Waals surface area contributed by atoms with Gasteiger partial charge in [0, 0.05) is 6.42 Å². The third kappa shape index (κ3) is 3.62. The second-order valence-electron chi connectivity index (χ2n) is 7.26. The van der Waals surface area contributed by atoms with Gasteiger partial charge in [0.25, 0.3) is 5.56 Å². The van der Waals surface area contributed by atoms with Gasteiger partial charge in [0.2, 0.25) is 0 Å². The second-order valence-corrected chi connectivity index (χ2v) is 9.49. The molecular weight excluding hydrogens is 380 g/mol. The Hall–Kier alpha value is -2.81. The topological polar surface area (TPSA) is 104 Å². The fourth-order valence-corrected chi connectivity index (χ4v) is 5.19. The molecule has 1 atom stereocenters. The van der Waals surface area contributed by atoms with Crippen LogP contribution in [0.4, 0.5) is 0 Å². The van der Waals surface area contributed by atoms with E-state index < -0.39 is 9.84 Å². The number of hydrogen-bond acceptors (Lipinski definition) is 6. The monoisotopic (exact) mass is 400 g/mol. The van der Waals surface area contributed by atoms with E-state index in [1.807, 2.05) is 31.2 Å². The Morgan fingerprint density at radius 1 is 1.25 bits per heavy atom. The molecule has 4 rings (SSSR count). The minimum absolute atomic E-state index is 0.00355. The Balaban J connectivity index is 1.56. The van der Waals surface area contributed by atoms with Crippen molar-refractivity contribution in [3.8, 4) is 0 Å². The van der Waals surface area contributed by atoms with Crippen LogP contribution in [0.25, 0.3) is 11.0 Å². The van der Waals surface area contributed by atoms with Crippen molar-refractivity contribution in [1.29, 1.82) is 0 Å². The van der Waals surface area contributed by atoms with Crippen molar-refractivity contribution in [2.45, 2.75) is 32.4 Å². The van der Waals surface area contributed by atoms with E-state index in [1.165, 1.54) is 21.8 Å². The van der Waals surface area contributed by atoms with E-state index in [2.05, 4.69) is 10.1 Å². The van der Waals surface area contributed by atoms with E-state index in [0.717, 1.165) is 11.1 Å². The van der Waals surface area contributed by atoms with Gasteiger partial charge in [-0.3, -0.25) is 14.2 Å². The summed E-state index contributed by atoms with van der Waals surface area (Å²) >= 11 is 0. The molecule has 1 unspecified atom stereocenters. The van der Waals surface area contributed by atoms with Gasteiger partial charge in [-0.1, -0.05) is 29.8 Å². The van der Waals surface area contributed by atoms with Crippen molar-refractivity contribution in [2.75, 3.05) is 11.5 Å². The lowest BCUT2D eigenvalue weighted by Gasteiger charge is -2.10. The number of carbonyl (C=O) groups excluding carboxylic acids is 1. The molecule has 3 heterocycles. The van der Waals surface area contributed by atoms with E-state index >= 15 is 0 Å². The highest BCUT2D eigenvalue weighted by Gasteiger charge is 2.31. The average Bonchev–Trinajstić information content (AvgIpc) is 3.22. The first kappa shape index (κ1) is 18.5. The molecule has 0 saturated carbocycles. The highest BCUT2D eigenvalue weighted by atomic mass is 32.2. The van der Waals surface area contributed by atoms with Crippen molar-refractivity contribution in [2.24, 2.45) is 0 Å². The summed E-state index contributed by atoms with van der Waals surface area (Å²) in [4.78, 5) is 29.4. The molecule has 0 aliphatic carbocycles. The van der Waals surface area contributed by atoms with E-state index in [1.54, 1.807) is 0 Å². The van der Waals surface area contributed by atoms with Crippen LogP contribution in [0.2, 0.25) is 0 Å². The summed E-state index contributed by atoms with van der Waals surface area (Å²) in [5, 5.41) is 4.48. The minimum atomic E-state index is -3.07. The molecule has 2 aromatic heterocycles. The molecule has 1 aliphatic rings. The van der Waals surface area contributed by atoms with Gasteiger partial charge < -0.3 is 0 Å². The number of fused-ring (bicyclic) bond motifs is 1. The zero-order chi connectivity index (χ0) is 19.9. The first-order chi connectivity index (χ1) is 13.3. The standard InChI is InChI=1S/C19H20N4O4S/c1-13-2-4-14(5-3-13)8-16(24)10-22-12-20-18-17(19(22)25)9-21-23(18)15-6-7-28(26,27)11-15/h2-5,9,12,15H,6-8,10-11H2,1H3. The molecule has 0 spiro atoms. The van der Waals surface area contributed by atoms with Crippen molar-refractivity contribution in [1.82, 2.24) is 19.3 Å². The highest BCUT2D eigenvalue weighted by Crippen LogP contribution is 2.25. The van der Waals surface area contributed by atoms with Crippen molar-refractivity contribution < 1.29 is 13.2 Å². The molecule has 1 aromatic carbocycles. The number of aromatic nitrogens is 4. The molecule has 8 nitrogen and oxygen atoms in total. The molecule has 0 bridgehead atoms.